The minimum atomic E-state index is 0. The number of halogens is 1. The number of thiophene rings is 1. The van der Waals surface area contributed by atoms with Crippen LogP contribution < -0.4 is 15.5 Å². The second kappa shape index (κ2) is 9.96. The molecule has 25 heavy (non-hydrogen) atoms. The molecule has 0 bridgehead atoms. The summed E-state index contributed by atoms with van der Waals surface area (Å²) in [5.74, 6) is 0.856. The summed E-state index contributed by atoms with van der Waals surface area (Å²) in [6.07, 6.45) is 4.09. The van der Waals surface area contributed by atoms with Crippen LogP contribution in [0.15, 0.2) is 40.8 Å². The first kappa shape index (κ1) is 20.0. The average Bonchev–Trinajstić information content (AvgIpc) is 3.15. The number of aromatic nitrogens is 1. The van der Waals surface area contributed by atoms with E-state index in [0.29, 0.717) is 12.6 Å². The SMILES string of the molecule is CN=C(NCc1ncccc1C)NC1CCN(c2cccs2)CC1.I. The number of piperidine rings is 1. The minimum absolute atomic E-state index is 0. The Kier molecular flexibility index (Phi) is 7.95. The number of aliphatic imine (C=N–C) groups is 1. The van der Waals surface area contributed by atoms with Crippen molar-refractivity contribution in [2.75, 3.05) is 25.0 Å². The molecule has 3 heterocycles. The van der Waals surface area contributed by atoms with Crippen LogP contribution in [0.4, 0.5) is 5.00 Å². The average molecular weight is 471 g/mol. The van der Waals surface area contributed by atoms with Crippen LogP contribution in [0.3, 0.4) is 0 Å². The number of hydrogen-bond donors (Lipinski definition) is 2. The summed E-state index contributed by atoms with van der Waals surface area (Å²) in [6, 6.07) is 8.84. The Labute approximate surface area is 171 Å². The molecule has 0 aromatic carbocycles. The highest BCUT2D eigenvalue weighted by atomic mass is 127. The van der Waals surface area contributed by atoms with Crippen molar-refractivity contribution in [3.63, 3.8) is 0 Å². The van der Waals surface area contributed by atoms with E-state index in [9.17, 15) is 0 Å². The fourth-order valence-corrected chi connectivity index (χ4v) is 3.74. The highest BCUT2D eigenvalue weighted by Crippen LogP contribution is 2.24. The Hall–Kier alpha value is -1.35. The van der Waals surface area contributed by atoms with Gasteiger partial charge in [0.25, 0.3) is 0 Å². The van der Waals surface area contributed by atoms with E-state index in [0.717, 1.165) is 37.6 Å². The van der Waals surface area contributed by atoms with Crippen LogP contribution in [0.5, 0.6) is 0 Å². The topological polar surface area (TPSA) is 52.6 Å². The highest BCUT2D eigenvalue weighted by molar-refractivity contribution is 14.0. The molecule has 0 atom stereocenters. The molecular weight excluding hydrogens is 445 g/mol. The van der Waals surface area contributed by atoms with Gasteiger partial charge in [0.15, 0.2) is 5.96 Å². The molecule has 1 saturated heterocycles. The molecule has 1 fully saturated rings. The molecule has 1 aliphatic rings. The van der Waals surface area contributed by atoms with Crippen LogP contribution in [0.2, 0.25) is 0 Å². The van der Waals surface area contributed by atoms with Gasteiger partial charge in [-0.2, -0.15) is 0 Å². The molecule has 136 valence electrons. The van der Waals surface area contributed by atoms with Crippen molar-refractivity contribution < 1.29 is 0 Å². The second-order valence-corrected chi connectivity index (χ2v) is 6.98. The second-order valence-electron chi connectivity index (χ2n) is 6.05. The van der Waals surface area contributed by atoms with Gasteiger partial charge in [0.2, 0.25) is 0 Å². The van der Waals surface area contributed by atoms with Crippen molar-refractivity contribution in [2.45, 2.75) is 32.4 Å². The molecule has 5 nitrogen and oxygen atoms in total. The lowest BCUT2D eigenvalue weighted by Gasteiger charge is -2.33. The maximum atomic E-state index is 4.42. The van der Waals surface area contributed by atoms with Crippen LogP contribution in [0.25, 0.3) is 0 Å². The lowest BCUT2D eigenvalue weighted by Crippen LogP contribution is -2.48. The number of aryl methyl sites for hydroxylation is 1. The molecule has 2 N–H and O–H groups in total. The van der Waals surface area contributed by atoms with Gasteiger partial charge in [-0.3, -0.25) is 9.98 Å². The first-order valence-corrected chi connectivity index (χ1v) is 9.30. The Bertz CT molecular complexity index is 666. The number of nitrogens with one attached hydrogen (secondary N) is 2. The summed E-state index contributed by atoms with van der Waals surface area (Å²) in [6.45, 7) is 4.96. The summed E-state index contributed by atoms with van der Waals surface area (Å²) in [5, 5.41) is 10.4. The van der Waals surface area contributed by atoms with Crippen LogP contribution in [-0.4, -0.2) is 37.1 Å². The fourth-order valence-electron chi connectivity index (χ4n) is 2.95. The van der Waals surface area contributed by atoms with Gasteiger partial charge in [-0.05, 0) is 48.9 Å². The number of anilines is 1. The summed E-state index contributed by atoms with van der Waals surface area (Å²) in [5.41, 5.74) is 2.26. The van der Waals surface area contributed by atoms with Gasteiger partial charge in [0, 0.05) is 32.4 Å². The molecule has 3 rings (SSSR count). The van der Waals surface area contributed by atoms with Gasteiger partial charge in [-0.15, -0.1) is 35.3 Å². The number of hydrogen-bond acceptors (Lipinski definition) is 4. The maximum Gasteiger partial charge on any atom is 0.191 e. The largest absolute Gasteiger partial charge is 0.363 e. The lowest BCUT2D eigenvalue weighted by atomic mass is 10.1. The zero-order chi connectivity index (χ0) is 16.8. The van der Waals surface area contributed by atoms with Crippen molar-refractivity contribution in [2.24, 2.45) is 4.99 Å². The van der Waals surface area contributed by atoms with Gasteiger partial charge >= 0.3 is 0 Å². The molecule has 0 saturated carbocycles. The van der Waals surface area contributed by atoms with E-state index in [2.05, 4.69) is 56.0 Å². The molecule has 2 aromatic heterocycles. The Morgan fingerprint density at radius 3 is 2.76 bits per heavy atom. The van der Waals surface area contributed by atoms with E-state index < -0.39 is 0 Å². The smallest absolute Gasteiger partial charge is 0.191 e. The fraction of sp³-hybridized carbons (Fsp3) is 0.444. The molecule has 0 aliphatic carbocycles. The summed E-state index contributed by atoms with van der Waals surface area (Å²) in [4.78, 5) is 11.2. The van der Waals surface area contributed by atoms with Gasteiger partial charge in [0.05, 0.1) is 17.2 Å². The molecule has 0 spiro atoms. The summed E-state index contributed by atoms with van der Waals surface area (Å²) < 4.78 is 0. The van der Waals surface area contributed by atoms with Crippen molar-refractivity contribution in [1.82, 2.24) is 15.6 Å². The molecule has 1 aliphatic heterocycles. The van der Waals surface area contributed by atoms with Crippen LogP contribution >= 0.6 is 35.3 Å². The minimum Gasteiger partial charge on any atom is -0.363 e. The first-order chi connectivity index (χ1) is 11.8. The number of rotatable bonds is 4. The molecule has 0 radical (unpaired) electrons. The number of pyridine rings is 1. The number of nitrogens with zero attached hydrogens (tertiary/aromatic N) is 3. The third kappa shape index (κ3) is 5.57. The quantitative estimate of drug-likeness (QED) is 0.408. The molecule has 2 aromatic rings. The maximum absolute atomic E-state index is 4.42. The first-order valence-electron chi connectivity index (χ1n) is 8.42. The zero-order valence-corrected chi connectivity index (χ0v) is 17.9. The van der Waals surface area contributed by atoms with Crippen molar-refractivity contribution in [3.05, 3.63) is 47.1 Å². The van der Waals surface area contributed by atoms with Crippen LogP contribution in [0, 0.1) is 6.92 Å². The van der Waals surface area contributed by atoms with Gasteiger partial charge in [0.1, 0.15) is 0 Å². The zero-order valence-electron chi connectivity index (χ0n) is 14.7. The lowest BCUT2D eigenvalue weighted by molar-refractivity contribution is 0.462. The van der Waals surface area contributed by atoms with E-state index >= 15 is 0 Å². The molecule has 0 unspecified atom stereocenters. The number of guanidine groups is 1. The van der Waals surface area contributed by atoms with Crippen molar-refractivity contribution in [3.8, 4) is 0 Å². The standard InChI is InChI=1S/C18H25N5S.HI/c1-14-5-3-9-20-16(14)13-21-18(19-2)22-15-7-10-23(11-8-15)17-6-4-12-24-17;/h3-6,9,12,15H,7-8,10-11,13H2,1-2H3,(H2,19,21,22);1H. The summed E-state index contributed by atoms with van der Waals surface area (Å²) in [7, 11) is 1.82. The van der Waals surface area contributed by atoms with E-state index in [4.69, 9.17) is 0 Å². The Balaban J connectivity index is 0.00000225. The third-order valence-corrected chi connectivity index (χ3v) is 5.35. The van der Waals surface area contributed by atoms with Gasteiger partial charge < -0.3 is 15.5 Å². The van der Waals surface area contributed by atoms with E-state index in [1.54, 1.807) is 0 Å². The summed E-state index contributed by atoms with van der Waals surface area (Å²) >= 11 is 1.82. The van der Waals surface area contributed by atoms with E-state index in [1.807, 2.05) is 30.6 Å². The molecular formula is C18H26IN5S. The highest BCUT2D eigenvalue weighted by Gasteiger charge is 2.20. The monoisotopic (exact) mass is 471 g/mol. The van der Waals surface area contributed by atoms with E-state index in [-0.39, 0.29) is 24.0 Å². The van der Waals surface area contributed by atoms with E-state index in [1.165, 1.54) is 10.6 Å². The van der Waals surface area contributed by atoms with Crippen molar-refractivity contribution in [1.29, 1.82) is 0 Å². The molecule has 0 amide bonds. The van der Waals surface area contributed by atoms with Crippen molar-refractivity contribution >= 4 is 46.3 Å². The third-order valence-electron chi connectivity index (χ3n) is 4.42. The van der Waals surface area contributed by atoms with Crippen LogP contribution in [-0.2, 0) is 6.54 Å². The van der Waals surface area contributed by atoms with Gasteiger partial charge in [-0.25, -0.2) is 0 Å². The molecule has 7 heteroatoms. The van der Waals surface area contributed by atoms with Crippen LogP contribution in [0.1, 0.15) is 24.1 Å². The Morgan fingerprint density at radius 1 is 1.32 bits per heavy atom. The predicted molar refractivity (Wildman–Crippen MR) is 117 cm³/mol. The normalized spacial score (nSPS) is 15.6. The Morgan fingerprint density at radius 2 is 2.12 bits per heavy atom. The van der Waals surface area contributed by atoms with Gasteiger partial charge in [-0.1, -0.05) is 6.07 Å². The predicted octanol–water partition coefficient (Wildman–Crippen LogP) is 3.40.